The van der Waals surface area contributed by atoms with Gasteiger partial charge in [-0.15, -0.1) is 0 Å². The fraction of sp³-hybridized carbons (Fsp3) is 0.0769. The van der Waals surface area contributed by atoms with Gasteiger partial charge in [-0.25, -0.2) is 4.39 Å². The van der Waals surface area contributed by atoms with Gasteiger partial charge in [0.1, 0.15) is 5.82 Å². The molecule has 0 saturated carbocycles. The van der Waals surface area contributed by atoms with E-state index in [2.05, 4.69) is 0 Å². The lowest BCUT2D eigenvalue weighted by molar-refractivity contribution is -0.385. The molecule has 0 aliphatic rings. The summed E-state index contributed by atoms with van der Waals surface area (Å²) in [5.41, 5.74) is 0.893. The standard InChI is InChI=1S/C13H10FNO2S/c1-9-2-5-11(6-3-9)18-13-7-4-10(15(16)17)8-12(13)14/h2-8H,1H3. The lowest BCUT2D eigenvalue weighted by Crippen LogP contribution is -1.90. The Kier molecular flexibility index (Phi) is 3.62. The molecule has 0 N–H and O–H groups in total. The molecule has 0 heterocycles. The van der Waals surface area contributed by atoms with Gasteiger partial charge in [-0.2, -0.15) is 0 Å². The molecule has 2 aromatic rings. The zero-order valence-corrected chi connectivity index (χ0v) is 10.4. The molecule has 0 amide bonds. The summed E-state index contributed by atoms with van der Waals surface area (Å²) >= 11 is 1.25. The van der Waals surface area contributed by atoms with Crippen molar-refractivity contribution >= 4 is 17.4 Å². The van der Waals surface area contributed by atoms with E-state index >= 15 is 0 Å². The van der Waals surface area contributed by atoms with Crippen molar-refractivity contribution in [2.75, 3.05) is 0 Å². The van der Waals surface area contributed by atoms with Crippen molar-refractivity contribution in [2.24, 2.45) is 0 Å². The Morgan fingerprint density at radius 1 is 1.17 bits per heavy atom. The van der Waals surface area contributed by atoms with E-state index in [1.165, 1.54) is 23.9 Å². The molecule has 0 spiro atoms. The molecule has 2 aromatic carbocycles. The summed E-state index contributed by atoms with van der Waals surface area (Å²) in [5.74, 6) is -0.574. The van der Waals surface area contributed by atoms with E-state index in [0.29, 0.717) is 4.90 Å². The number of nitro groups is 1. The molecular weight excluding hydrogens is 253 g/mol. The first kappa shape index (κ1) is 12.6. The van der Waals surface area contributed by atoms with Gasteiger partial charge < -0.3 is 0 Å². The molecule has 3 nitrogen and oxygen atoms in total. The smallest absolute Gasteiger partial charge is 0.258 e. The van der Waals surface area contributed by atoms with Crippen molar-refractivity contribution in [3.63, 3.8) is 0 Å². The second kappa shape index (κ2) is 5.18. The van der Waals surface area contributed by atoms with E-state index < -0.39 is 10.7 Å². The monoisotopic (exact) mass is 263 g/mol. The number of rotatable bonds is 3. The predicted molar refractivity (Wildman–Crippen MR) is 68.4 cm³/mol. The van der Waals surface area contributed by atoms with Crippen LogP contribution in [0.5, 0.6) is 0 Å². The third-order valence-corrected chi connectivity index (χ3v) is 3.43. The molecule has 5 heteroatoms. The zero-order chi connectivity index (χ0) is 13.1. The number of benzene rings is 2. The van der Waals surface area contributed by atoms with Gasteiger partial charge in [0.2, 0.25) is 0 Å². The van der Waals surface area contributed by atoms with Gasteiger partial charge in [0.15, 0.2) is 0 Å². The van der Waals surface area contributed by atoms with Crippen LogP contribution < -0.4 is 0 Å². The average molecular weight is 263 g/mol. The Balaban J connectivity index is 2.24. The maximum Gasteiger partial charge on any atom is 0.272 e. The van der Waals surface area contributed by atoms with Gasteiger partial charge in [-0.05, 0) is 25.1 Å². The number of nitrogens with zero attached hydrogens (tertiary/aromatic N) is 1. The second-order valence-corrected chi connectivity index (χ2v) is 4.90. The van der Waals surface area contributed by atoms with Crippen LogP contribution in [0.3, 0.4) is 0 Å². The quantitative estimate of drug-likeness (QED) is 0.616. The number of non-ortho nitro benzene ring substituents is 1. The molecule has 92 valence electrons. The highest BCUT2D eigenvalue weighted by Gasteiger charge is 2.11. The third kappa shape index (κ3) is 2.87. The molecule has 0 atom stereocenters. The third-order valence-electron chi connectivity index (χ3n) is 2.38. The van der Waals surface area contributed by atoms with Crippen LogP contribution in [0.2, 0.25) is 0 Å². The first-order chi connectivity index (χ1) is 8.56. The number of hydrogen-bond donors (Lipinski definition) is 0. The Bertz CT molecular complexity index is 584. The summed E-state index contributed by atoms with van der Waals surface area (Å²) in [5, 5.41) is 10.5. The molecule has 0 unspecified atom stereocenters. The topological polar surface area (TPSA) is 43.1 Å². The van der Waals surface area contributed by atoms with E-state index in [1.807, 2.05) is 31.2 Å². The molecule has 0 fully saturated rings. The normalized spacial score (nSPS) is 10.3. The minimum absolute atomic E-state index is 0.235. The van der Waals surface area contributed by atoms with Crippen LogP contribution in [0.1, 0.15) is 5.56 Å². The minimum atomic E-state index is -0.608. The summed E-state index contributed by atoms with van der Waals surface area (Å²) in [6.45, 7) is 1.97. The molecule has 0 aromatic heterocycles. The lowest BCUT2D eigenvalue weighted by Gasteiger charge is -2.03. The summed E-state index contributed by atoms with van der Waals surface area (Å²) in [7, 11) is 0. The first-order valence-electron chi connectivity index (χ1n) is 5.25. The van der Waals surface area contributed by atoms with Crippen LogP contribution in [0.25, 0.3) is 0 Å². The average Bonchev–Trinajstić information content (AvgIpc) is 2.34. The van der Waals surface area contributed by atoms with Crippen molar-refractivity contribution in [3.05, 3.63) is 64.0 Å². The van der Waals surface area contributed by atoms with E-state index in [9.17, 15) is 14.5 Å². The minimum Gasteiger partial charge on any atom is -0.258 e. The highest BCUT2D eigenvalue weighted by molar-refractivity contribution is 7.99. The van der Waals surface area contributed by atoms with Gasteiger partial charge in [-0.1, -0.05) is 29.5 Å². The Morgan fingerprint density at radius 2 is 1.83 bits per heavy atom. The van der Waals surface area contributed by atoms with Gasteiger partial charge in [-0.3, -0.25) is 10.1 Å². The molecular formula is C13H10FNO2S. The molecule has 0 radical (unpaired) electrons. The predicted octanol–water partition coefficient (Wildman–Crippen LogP) is 4.19. The van der Waals surface area contributed by atoms with Crippen molar-refractivity contribution in [1.29, 1.82) is 0 Å². The molecule has 0 aliphatic heterocycles. The van der Waals surface area contributed by atoms with E-state index in [1.54, 1.807) is 0 Å². The van der Waals surface area contributed by atoms with Crippen LogP contribution in [-0.2, 0) is 0 Å². The molecule has 2 rings (SSSR count). The van der Waals surface area contributed by atoms with Gasteiger partial charge in [0, 0.05) is 15.9 Å². The summed E-state index contributed by atoms with van der Waals surface area (Å²) in [4.78, 5) is 11.2. The highest BCUT2D eigenvalue weighted by atomic mass is 32.2. The van der Waals surface area contributed by atoms with Gasteiger partial charge in [0.05, 0.1) is 11.0 Å². The van der Waals surface area contributed by atoms with Crippen molar-refractivity contribution in [2.45, 2.75) is 16.7 Å². The van der Waals surface area contributed by atoms with Crippen molar-refractivity contribution in [1.82, 2.24) is 0 Å². The van der Waals surface area contributed by atoms with Gasteiger partial charge in [0.25, 0.3) is 5.69 Å². The Labute approximate surface area is 108 Å². The number of halogens is 1. The van der Waals surface area contributed by atoms with Crippen molar-refractivity contribution < 1.29 is 9.31 Å². The largest absolute Gasteiger partial charge is 0.272 e. The van der Waals surface area contributed by atoms with E-state index in [4.69, 9.17) is 0 Å². The SMILES string of the molecule is Cc1ccc(Sc2ccc([N+](=O)[O-])cc2F)cc1. The number of nitro benzene ring substituents is 1. The van der Waals surface area contributed by atoms with E-state index in [0.717, 1.165) is 16.5 Å². The van der Waals surface area contributed by atoms with E-state index in [-0.39, 0.29) is 5.69 Å². The maximum atomic E-state index is 13.7. The summed E-state index contributed by atoms with van der Waals surface area (Å²) < 4.78 is 13.7. The van der Waals surface area contributed by atoms with Crippen LogP contribution in [0, 0.1) is 22.9 Å². The fourth-order valence-corrected chi connectivity index (χ4v) is 2.24. The van der Waals surface area contributed by atoms with Crippen LogP contribution in [0.15, 0.2) is 52.3 Å². The molecule has 0 aliphatic carbocycles. The van der Waals surface area contributed by atoms with Crippen molar-refractivity contribution in [3.8, 4) is 0 Å². The molecule has 0 saturated heterocycles. The Morgan fingerprint density at radius 3 is 2.39 bits per heavy atom. The molecule has 18 heavy (non-hydrogen) atoms. The summed E-state index contributed by atoms with van der Waals surface area (Å²) in [6.07, 6.45) is 0. The Hall–Kier alpha value is -1.88. The van der Waals surface area contributed by atoms with Crippen LogP contribution in [0.4, 0.5) is 10.1 Å². The van der Waals surface area contributed by atoms with Crippen LogP contribution >= 0.6 is 11.8 Å². The van der Waals surface area contributed by atoms with Crippen LogP contribution in [-0.4, -0.2) is 4.92 Å². The highest BCUT2D eigenvalue weighted by Crippen LogP contribution is 2.31. The maximum absolute atomic E-state index is 13.7. The number of aryl methyl sites for hydroxylation is 1. The second-order valence-electron chi connectivity index (χ2n) is 3.79. The molecule has 0 bridgehead atoms. The number of hydrogen-bond acceptors (Lipinski definition) is 3. The summed E-state index contributed by atoms with van der Waals surface area (Å²) in [6, 6.07) is 11.3. The first-order valence-corrected chi connectivity index (χ1v) is 6.06. The fourth-order valence-electron chi connectivity index (χ4n) is 1.42. The lowest BCUT2D eigenvalue weighted by atomic mass is 10.2. The zero-order valence-electron chi connectivity index (χ0n) is 9.59. The van der Waals surface area contributed by atoms with Gasteiger partial charge >= 0.3 is 0 Å².